The van der Waals surface area contributed by atoms with Crippen molar-refractivity contribution in [2.24, 2.45) is 0 Å². The molecule has 3 heterocycles. The average Bonchev–Trinajstić information content (AvgIpc) is 3.32. The van der Waals surface area contributed by atoms with Gasteiger partial charge in [0.05, 0.1) is 11.0 Å². The van der Waals surface area contributed by atoms with Crippen molar-refractivity contribution in [3.63, 3.8) is 0 Å². The summed E-state index contributed by atoms with van der Waals surface area (Å²) in [6, 6.07) is 8.09. The third kappa shape index (κ3) is 2.54. The van der Waals surface area contributed by atoms with E-state index in [9.17, 15) is 4.79 Å². The van der Waals surface area contributed by atoms with E-state index < -0.39 is 0 Å². The molecule has 5 rings (SSSR count). The largest absolute Gasteiger partial charge is 0.308 e. The molecule has 0 aliphatic heterocycles. The molecule has 6 heteroatoms. The predicted molar refractivity (Wildman–Crippen MR) is 107 cm³/mol. The normalized spacial score (nSPS) is 15.4. The lowest BCUT2D eigenvalue weighted by molar-refractivity contribution is 0.498. The molecule has 1 fully saturated rings. The number of rotatable bonds is 4. The Labute approximate surface area is 156 Å². The summed E-state index contributed by atoms with van der Waals surface area (Å²) in [4.78, 5) is 27.8. The number of aryl methyl sites for hydroxylation is 1. The molecule has 0 amide bonds. The Morgan fingerprint density at radius 2 is 1.81 bits per heavy atom. The van der Waals surface area contributed by atoms with Crippen molar-refractivity contribution in [1.29, 1.82) is 0 Å². The zero-order chi connectivity index (χ0) is 18.4. The maximum atomic E-state index is 13.4. The van der Waals surface area contributed by atoms with Crippen LogP contribution in [0.1, 0.15) is 51.5 Å². The van der Waals surface area contributed by atoms with Crippen LogP contribution in [-0.4, -0.2) is 24.1 Å². The standard InChI is InChI=1S/C21H23N5O/c1-2-3-12-25-19-17(21(27)26(13-22-19)14-8-4-5-9-14)18-20(25)24-16-11-7-6-10-15(16)23-18/h6-7,10-11,13-14H,2-5,8-9,12H2,1H3. The van der Waals surface area contributed by atoms with Crippen molar-refractivity contribution >= 4 is 33.2 Å². The summed E-state index contributed by atoms with van der Waals surface area (Å²) in [5, 5.41) is 0.619. The molecule has 27 heavy (non-hydrogen) atoms. The number of benzene rings is 1. The van der Waals surface area contributed by atoms with Gasteiger partial charge in [0, 0.05) is 12.6 Å². The first kappa shape index (κ1) is 16.4. The van der Waals surface area contributed by atoms with Crippen molar-refractivity contribution in [2.75, 3.05) is 0 Å². The van der Waals surface area contributed by atoms with E-state index in [0.717, 1.165) is 48.9 Å². The van der Waals surface area contributed by atoms with Gasteiger partial charge >= 0.3 is 0 Å². The van der Waals surface area contributed by atoms with E-state index in [1.165, 1.54) is 12.8 Å². The molecule has 1 aromatic carbocycles. The van der Waals surface area contributed by atoms with E-state index in [1.807, 2.05) is 28.8 Å². The third-order valence-corrected chi connectivity index (χ3v) is 5.73. The molecular weight excluding hydrogens is 338 g/mol. The van der Waals surface area contributed by atoms with Crippen LogP contribution in [0.2, 0.25) is 0 Å². The van der Waals surface area contributed by atoms with Crippen molar-refractivity contribution in [1.82, 2.24) is 24.1 Å². The van der Waals surface area contributed by atoms with Crippen molar-refractivity contribution in [3.8, 4) is 0 Å². The maximum Gasteiger partial charge on any atom is 0.265 e. The molecule has 0 N–H and O–H groups in total. The minimum absolute atomic E-state index is 0.0247. The first-order valence-electron chi connectivity index (χ1n) is 9.93. The Morgan fingerprint density at radius 1 is 1.07 bits per heavy atom. The summed E-state index contributed by atoms with van der Waals surface area (Å²) in [5.41, 5.74) is 3.86. The summed E-state index contributed by atoms with van der Waals surface area (Å²) in [6.45, 7) is 2.96. The molecule has 0 unspecified atom stereocenters. The number of hydrogen-bond acceptors (Lipinski definition) is 4. The van der Waals surface area contributed by atoms with Crippen LogP contribution in [0.5, 0.6) is 0 Å². The van der Waals surface area contributed by atoms with Crippen LogP contribution in [0.4, 0.5) is 0 Å². The maximum absolute atomic E-state index is 13.4. The molecule has 3 aromatic heterocycles. The first-order valence-corrected chi connectivity index (χ1v) is 9.93. The van der Waals surface area contributed by atoms with Crippen LogP contribution in [-0.2, 0) is 6.54 Å². The van der Waals surface area contributed by atoms with Crippen LogP contribution < -0.4 is 5.56 Å². The highest BCUT2D eigenvalue weighted by Gasteiger charge is 2.23. The van der Waals surface area contributed by atoms with Crippen LogP contribution >= 0.6 is 0 Å². The Kier molecular flexibility index (Phi) is 3.92. The quantitative estimate of drug-likeness (QED) is 0.546. The van der Waals surface area contributed by atoms with Gasteiger partial charge in [-0.2, -0.15) is 0 Å². The van der Waals surface area contributed by atoms with Gasteiger partial charge in [0.1, 0.15) is 17.2 Å². The van der Waals surface area contributed by atoms with Gasteiger partial charge in [-0.25, -0.2) is 15.0 Å². The average molecular weight is 361 g/mol. The molecule has 0 bridgehead atoms. The Bertz CT molecular complexity index is 1200. The zero-order valence-electron chi connectivity index (χ0n) is 15.6. The van der Waals surface area contributed by atoms with Gasteiger partial charge in [-0.05, 0) is 31.4 Å². The van der Waals surface area contributed by atoms with Gasteiger partial charge < -0.3 is 4.57 Å². The van der Waals surface area contributed by atoms with E-state index in [1.54, 1.807) is 6.33 Å². The number of nitrogens with zero attached hydrogens (tertiary/aromatic N) is 5. The minimum Gasteiger partial charge on any atom is -0.308 e. The smallest absolute Gasteiger partial charge is 0.265 e. The summed E-state index contributed by atoms with van der Waals surface area (Å²) in [5.74, 6) is 0. The van der Waals surface area contributed by atoms with Crippen LogP contribution in [0.15, 0.2) is 35.4 Å². The summed E-state index contributed by atoms with van der Waals surface area (Å²) < 4.78 is 3.91. The van der Waals surface area contributed by atoms with E-state index >= 15 is 0 Å². The Balaban J connectivity index is 1.86. The summed E-state index contributed by atoms with van der Waals surface area (Å²) >= 11 is 0. The molecule has 1 aliphatic carbocycles. The van der Waals surface area contributed by atoms with Gasteiger partial charge in [-0.3, -0.25) is 9.36 Å². The number of hydrogen-bond donors (Lipinski definition) is 0. The Morgan fingerprint density at radius 3 is 2.56 bits per heavy atom. The fourth-order valence-corrected chi connectivity index (χ4v) is 4.29. The fourth-order valence-electron chi connectivity index (χ4n) is 4.29. The lowest BCUT2D eigenvalue weighted by Crippen LogP contribution is -2.24. The van der Waals surface area contributed by atoms with Crippen LogP contribution in [0.3, 0.4) is 0 Å². The predicted octanol–water partition coefficient (Wildman–Crippen LogP) is 4.21. The highest BCUT2D eigenvalue weighted by molar-refractivity contribution is 6.04. The second kappa shape index (κ2) is 6.44. The van der Waals surface area contributed by atoms with Gasteiger partial charge in [0.15, 0.2) is 11.3 Å². The number of fused-ring (bicyclic) bond motifs is 4. The number of unbranched alkanes of at least 4 members (excludes halogenated alkanes) is 1. The molecule has 0 spiro atoms. The summed E-state index contributed by atoms with van der Waals surface area (Å²) in [6.07, 6.45) is 8.28. The molecule has 0 atom stereocenters. The van der Waals surface area contributed by atoms with Crippen LogP contribution in [0.25, 0.3) is 33.2 Å². The van der Waals surface area contributed by atoms with Crippen LogP contribution in [0, 0.1) is 0 Å². The minimum atomic E-state index is 0.0247. The van der Waals surface area contributed by atoms with Crippen molar-refractivity contribution in [3.05, 3.63) is 40.9 Å². The van der Waals surface area contributed by atoms with E-state index in [-0.39, 0.29) is 11.6 Å². The highest BCUT2D eigenvalue weighted by atomic mass is 16.1. The zero-order valence-corrected chi connectivity index (χ0v) is 15.6. The van der Waals surface area contributed by atoms with Crippen molar-refractivity contribution in [2.45, 2.75) is 58.0 Å². The second-order valence-corrected chi connectivity index (χ2v) is 7.48. The van der Waals surface area contributed by atoms with Gasteiger partial charge in [0.25, 0.3) is 5.56 Å². The van der Waals surface area contributed by atoms with Crippen molar-refractivity contribution < 1.29 is 0 Å². The number of aromatic nitrogens is 5. The van der Waals surface area contributed by atoms with E-state index in [0.29, 0.717) is 16.6 Å². The molecule has 1 saturated carbocycles. The second-order valence-electron chi connectivity index (χ2n) is 7.48. The molecule has 1 aliphatic rings. The molecule has 138 valence electrons. The molecule has 6 nitrogen and oxygen atoms in total. The lowest BCUT2D eigenvalue weighted by atomic mass is 10.2. The Hall–Kier alpha value is -2.76. The lowest BCUT2D eigenvalue weighted by Gasteiger charge is -2.12. The highest BCUT2D eigenvalue weighted by Crippen LogP contribution is 2.30. The molecule has 0 saturated heterocycles. The van der Waals surface area contributed by atoms with Gasteiger partial charge in [-0.1, -0.05) is 38.3 Å². The molecule has 0 radical (unpaired) electrons. The topological polar surface area (TPSA) is 65.6 Å². The van der Waals surface area contributed by atoms with E-state index in [2.05, 4.69) is 11.5 Å². The van der Waals surface area contributed by atoms with Gasteiger partial charge in [-0.15, -0.1) is 0 Å². The molecular formula is C21H23N5O. The first-order chi connectivity index (χ1) is 13.3. The third-order valence-electron chi connectivity index (χ3n) is 5.73. The summed E-state index contributed by atoms with van der Waals surface area (Å²) in [7, 11) is 0. The van der Waals surface area contributed by atoms with Gasteiger partial charge in [0.2, 0.25) is 0 Å². The molecule has 4 aromatic rings. The monoisotopic (exact) mass is 361 g/mol. The van der Waals surface area contributed by atoms with E-state index in [4.69, 9.17) is 15.0 Å². The number of para-hydroxylation sites is 2. The SMILES string of the molecule is CCCCn1c2nc3ccccc3nc2c2c(=O)n(C3CCCC3)cnc21. The fraction of sp³-hybridized carbons (Fsp3) is 0.429.